The van der Waals surface area contributed by atoms with E-state index >= 15 is 0 Å². The number of aliphatic hydroxyl groups excluding tert-OH is 1. The minimum Gasteiger partial charge on any atom is -0.400 e. The molecule has 5 atom stereocenters. The number of allylic oxidation sites excluding steroid dienone is 3. The molecule has 2 nitrogen and oxygen atoms in total. The molecule has 0 bridgehead atoms. The van der Waals surface area contributed by atoms with Crippen LogP contribution in [0.25, 0.3) is 0 Å². The lowest BCUT2D eigenvalue weighted by Crippen LogP contribution is -2.54. The molecule has 0 aromatic heterocycles. The summed E-state index contributed by atoms with van der Waals surface area (Å²) < 4.78 is 6.59. The summed E-state index contributed by atoms with van der Waals surface area (Å²) in [5, 5.41) is 7.00. The lowest BCUT2D eigenvalue weighted by molar-refractivity contribution is -0.182. The van der Waals surface area contributed by atoms with Crippen LogP contribution in [0.4, 0.5) is 0 Å². The highest BCUT2D eigenvalue weighted by molar-refractivity contribution is 5.28. The zero-order valence-electron chi connectivity index (χ0n) is 28.3. The third-order valence-electron chi connectivity index (χ3n) is 6.95. The molecule has 5 unspecified atom stereocenters. The maximum atomic E-state index is 7.00. The van der Waals surface area contributed by atoms with Gasteiger partial charge in [-0.2, -0.15) is 0 Å². The third kappa shape index (κ3) is 17.4. The second-order valence-corrected chi connectivity index (χ2v) is 9.82. The van der Waals surface area contributed by atoms with Gasteiger partial charge >= 0.3 is 0 Å². The van der Waals surface area contributed by atoms with Gasteiger partial charge in [0.2, 0.25) is 0 Å². The molecule has 37 heavy (non-hydrogen) atoms. The summed E-state index contributed by atoms with van der Waals surface area (Å²) in [7, 11) is 1.00. The van der Waals surface area contributed by atoms with Gasteiger partial charge in [0.25, 0.3) is 0 Å². The van der Waals surface area contributed by atoms with Gasteiger partial charge in [0.05, 0.1) is 11.7 Å². The summed E-state index contributed by atoms with van der Waals surface area (Å²) in [5.41, 5.74) is 2.81. The number of hydrogen-bond donors (Lipinski definition) is 1. The van der Waals surface area contributed by atoms with Crippen LogP contribution in [0.5, 0.6) is 0 Å². The SMILES string of the molecule is C=C(C)CC.CC.CC.CC.CC.CCCCCC1=CC2OC(C)(C)C3CCC(C)CC3C2C=C1.CO. The van der Waals surface area contributed by atoms with Crippen molar-refractivity contribution in [2.75, 3.05) is 7.11 Å². The maximum Gasteiger partial charge on any atom is 0.0834 e. The highest BCUT2D eigenvalue weighted by Gasteiger charge is 2.50. The van der Waals surface area contributed by atoms with Crippen LogP contribution in [0.2, 0.25) is 0 Å². The lowest BCUT2D eigenvalue weighted by atomic mass is 9.60. The molecule has 3 aliphatic rings. The van der Waals surface area contributed by atoms with E-state index in [0.29, 0.717) is 12.0 Å². The van der Waals surface area contributed by atoms with Crippen molar-refractivity contribution in [1.82, 2.24) is 0 Å². The number of ether oxygens (including phenoxy) is 1. The molecule has 0 spiro atoms. The average Bonchev–Trinajstić information content (AvgIpc) is 2.94. The van der Waals surface area contributed by atoms with Crippen LogP contribution >= 0.6 is 0 Å². The maximum absolute atomic E-state index is 7.00. The van der Waals surface area contributed by atoms with Crippen molar-refractivity contribution < 1.29 is 9.84 Å². The molecule has 2 heteroatoms. The molecule has 1 N–H and O–H groups in total. The van der Waals surface area contributed by atoms with Crippen LogP contribution in [-0.4, -0.2) is 23.9 Å². The number of fused-ring (bicyclic) bond motifs is 3. The van der Waals surface area contributed by atoms with Crippen molar-refractivity contribution in [3.05, 3.63) is 36.0 Å². The zero-order valence-corrected chi connectivity index (χ0v) is 28.3. The molecular weight excluding hydrogens is 452 g/mol. The Bertz CT molecular complexity index is 543. The van der Waals surface area contributed by atoms with Gasteiger partial charge in [-0.15, -0.1) is 6.58 Å². The molecule has 0 amide bonds. The first kappa shape index (κ1) is 43.2. The van der Waals surface area contributed by atoms with Crippen molar-refractivity contribution in [3.8, 4) is 0 Å². The quantitative estimate of drug-likeness (QED) is 0.286. The minimum atomic E-state index is 0.0438. The predicted molar refractivity (Wildman–Crippen MR) is 172 cm³/mol. The fraction of sp³-hybridized carbons (Fsp3) is 0.829. The highest BCUT2D eigenvalue weighted by atomic mass is 16.5. The molecule has 1 saturated carbocycles. The van der Waals surface area contributed by atoms with Gasteiger partial charge in [0.1, 0.15) is 0 Å². The Morgan fingerprint density at radius 1 is 0.973 bits per heavy atom. The largest absolute Gasteiger partial charge is 0.400 e. The van der Waals surface area contributed by atoms with Gasteiger partial charge < -0.3 is 9.84 Å². The zero-order chi connectivity index (χ0) is 30.0. The molecule has 0 aromatic carbocycles. The van der Waals surface area contributed by atoms with Crippen molar-refractivity contribution in [2.45, 2.75) is 160 Å². The average molecular weight is 525 g/mol. The smallest absolute Gasteiger partial charge is 0.0834 e. The minimum absolute atomic E-state index is 0.0438. The van der Waals surface area contributed by atoms with E-state index in [1.165, 1.54) is 56.1 Å². The van der Waals surface area contributed by atoms with Crippen LogP contribution in [0.3, 0.4) is 0 Å². The number of aliphatic hydroxyl groups is 1. The summed E-state index contributed by atoms with van der Waals surface area (Å²) in [5.74, 6) is 3.07. The van der Waals surface area contributed by atoms with Gasteiger partial charge in [0, 0.05) is 13.0 Å². The fourth-order valence-corrected chi connectivity index (χ4v) is 5.12. The fourth-order valence-electron chi connectivity index (χ4n) is 5.12. The van der Waals surface area contributed by atoms with Gasteiger partial charge in [-0.3, -0.25) is 0 Å². The standard InChI is InChI=1S/C21H34O.C5H10.4C2H6.CH4O/c1-5-6-7-8-16-10-11-17-18-13-15(2)9-12-19(18)21(3,4)22-20(17)14-16;1-4-5(2)3;5*1-2/h10-11,14-15,17-20H,5-9,12-13H2,1-4H3;2,4H2,1,3H3;4*1-2H3;2H,1H3. The van der Waals surface area contributed by atoms with Crippen LogP contribution < -0.4 is 0 Å². The first-order chi connectivity index (χ1) is 17.8. The Labute approximate surface area is 236 Å². The van der Waals surface area contributed by atoms with E-state index in [1.54, 1.807) is 0 Å². The highest BCUT2D eigenvalue weighted by Crippen LogP contribution is 2.51. The normalized spacial score (nSPS) is 25.5. The van der Waals surface area contributed by atoms with E-state index in [1.807, 2.05) is 62.3 Å². The molecule has 1 saturated heterocycles. The molecule has 2 fully saturated rings. The molecule has 0 aromatic rings. The summed E-state index contributed by atoms with van der Waals surface area (Å²) in [4.78, 5) is 0. The summed E-state index contributed by atoms with van der Waals surface area (Å²) in [6.45, 7) is 33.2. The van der Waals surface area contributed by atoms with Crippen LogP contribution in [0.1, 0.15) is 148 Å². The van der Waals surface area contributed by atoms with E-state index in [4.69, 9.17) is 9.84 Å². The Morgan fingerprint density at radius 3 is 1.95 bits per heavy atom. The first-order valence-corrected chi connectivity index (χ1v) is 15.9. The Balaban J connectivity index is -0.000000308. The number of rotatable bonds is 5. The molecule has 0 radical (unpaired) electrons. The summed E-state index contributed by atoms with van der Waals surface area (Å²) in [6, 6.07) is 0. The molecule has 224 valence electrons. The van der Waals surface area contributed by atoms with Crippen molar-refractivity contribution in [2.24, 2.45) is 23.7 Å². The predicted octanol–water partition coefficient (Wildman–Crippen LogP) is 11.6. The van der Waals surface area contributed by atoms with Crippen molar-refractivity contribution >= 4 is 0 Å². The molecule has 2 aliphatic carbocycles. The van der Waals surface area contributed by atoms with Gasteiger partial charge in [0.15, 0.2) is 0 Å². The van der Waals surface area contributed by atoms with Gasteiger partial charge in [-0.05, 0) is 76.2 Å². The van der Waals surface area contributed by atoms with Gasteiger partial charge in [-0.25, -0.2) is 0 Å². The molecular formula is C35H72O2. The molecule has 1 aliphatic heterocycles. The second-order valence-electron chi connectivity index (χ2n) is 9.82. The van der Waals surface area contributed by atoms with E-state index in [2.05, 4.69) is 59.4 Å². The van der Waals surface area contributed by atoms with Crippen LogP contribution in [-0.2, 0) is 4.74 Å². The van der Waals surface area contributed by atoms with E-state index in [0.717, 1.165) is 31.3 Å². The number of hydrogen-bond acceptors (Lipinski definition) is 2. The Morgan fingerprint density at radius 2 is 1.49 bits per heavy atom. The first-order valence-electron chi connectivity index (χ1n) is 15.9. The number of unbranched alkanes of at least 4 members (excludes halogenated alkanes) is 2. The summed E-state index contributed by atoms with van der Waals surface area (Å²) in [6.07, 6.45) is 18.1. The van der Waals surface area contributed by atoms with Gasteiger partial charge in [-0.1, -0.05) is 119 Å². The van der Waals surface area contributed by atoms with Crippen molar-refractivity contribution in [3.63, 3.8) is 0 Å². The van der Waals surface area contributed by atoms with Crippen molar-refractivity contribution in [1.29, 1.82) is 0 Å². The Kier molecular flexibility index (Phi) is 32.9. The van der Waals surface area contributed by atoms with E-state index in [9.17, 15) is 0 Å². The monoisotopic (exact) mass is 525 g/mol. The Hall–Kier alpha value is -0.860. The lowest BCUT2D eigenvalue weighted by Gasteiger charge is -2.54. The van der Waals surface area contributed by atoms with Crippen LogP contribution in [0.15, 0.2) is 36.0 Å². The van der Waals surface area contributed by atoms with E-state index < -0.39 is 0 Å². The third-order valence-corrected chi connectivity index (χ3v) is 6.95. The molecule has 1 heterocycles. The van der Waals surface area contributed by atoms with Crippen LogP contribution in [0, 0.1) is 23.7 Å². The van der Waals surface area contributed by atoms with E-state index in [-0.39, 0.29) is 5.60 Å². The second kappa shape index (κ2) is 28.2. The topological polar surface area (TPSA) is 29.5 Å². The summed E-state index contributed by atoms with van der Waals surface area (Å²) >= 11 is 0. The molecule has 3 rings (SSSR count).